The fourth-order valence-electron chi connectivity index (χ4n) is 2.61. The molecule has 1 fully saturated rings. The van der Waals surface area contributed by atoms with Gasteiger partial charge in [-0.1, -0.05) is 31.0 Å². The van der Waals surface area contributed by atoms with Crippen molar-refractivity contribution in [2.24, 2.45) is 5.92 Å². The Morgan fingerprint density at radius 3 is 3.07 bits per heavy atom. The van der Waals surface area contributed by atoms with Gasteiger partial charge in [0.15, 0.2) is 0 Å². The van der Waals surface area contributed by atoms with Crippen molar-refractivity contribution in [2.75, 3.05) is 6.54 Å². The van der Waals surface area contributed by atoms with E-state index in [9.17, 15) is 0 Å². The van der Waals surface area contributed by atoms with Crippen molar-refractivity contribution >= 4 is 0 Å². The van der Waals surface area contributed by atoms with Crippen molar-refractivity contribution in [3.8, 4) is 0 Å². The van der Waals surface area contributed by atoms with Gasteiger partial charge in [-0.2, -0.15) is 0 Å². The zero-order valence-corrected chi connectivity index (χ0v) is 9.26. The average Bonchev–Trinajstić information content (AvgIpc) is 3.10. The van der Waals surface area contributed by atoms with E-state index in [-0.39, 0.29) is 0 Å². The van der Waals surface area contributed by atoms with Gasteiger partial charge in [-0.25, -0.2) is 0 Å². The molecule has 0 spiro atoms. The first-order valence-electron chi connectivity index (χ1n) is 6.24. The Kier molecular flexibility index (Phi) is 2.49. The standard InChI is InChI=1S/C14H19N/c1-2-12(7-6-11-4-5-11)14-8-9-15-10-13(14)3-1/h1-3,11,15H,4-10H2. The minimum atomic E-state index is 1.06. The minimum absolute atomic E-state index is 1.06. The van der Waals surface area contributed by atoms with Crippen molar-refractivity contribution in [2.45, 2.75) is 38.6 Å². The molecule has 1 nitrogen and oxygen atoms in total. The highest BCUT2D eigenvalue weighted by Crippen LogP contribution is 2.34. The molecule has 1 heteroatoms. The van der Waals surface area contributed by atoms with E-state index in [1.54, 1.807) is 11.1 Å². The van der Waals surface area contributed by atoms with Gasteiger partial charge in [0.2, 0.25) is 0 Å². The van der Waals surface area contributed by atoms with Crippen molar-refractivity contribution in [1.29, 1.82) is 0 Å². The molecule has 3 rings (SSSR count). The molecule has 1 aliphatic carbocycles. The molecule has 1 aromatic carbocycles. The smallest absolute Gasteiger partial charge is 0.0208 e. The van der Waals surface area contributed by atoms with E-state index in [1.165, 1.54) is 37.7 Å². The SMILES string of the molecule is c1cc(CCC2CC2)c2c(c1)CNCC2. The predicted octanol–water partition coefficient (Wildman–Crippen LogP) is 2.67. The number of benzene rings is 1. The summed E-state index contributed by atoms with van der Waals surface area (Å²) in [5.41, 5.74) is 4.81. The summed E-state index contributed by atoms with van der Waals surface area (Å²) in [5.74, 6) is 1.06. The monoisotopic (exact) mass is 201 g/mol. The number of hydrogen-bond acceptors (Lipinski definition) is 1. The van der Waals surface area contributed by atoms with E-state index in [0.717, 1.165) is 19.0 Å². The highest BCUT2D eigenvalue weighted by Gasteiger charge is 2.21. The molecule has 0 saturated heterocycles. The highest BCUT2D eigenvalue weighted by atomic mass is 14.9. The lowest BCUT2D eigenvalue weighted by molar-refractivity contribution is 0.632. The molecule has 2 aliphatic rings. The maximum Gasteiger partial charge on any atom is 0.0208 e. The Bertz CT molecular complexity index is 352. The van der Waals surface area contributed by atoms with Gasteiger partial charge in [0, 0.05) is 6.54 Å². The van der Waals surface area contributed by atoms with Crippen LogP contribution in [0.3, 0.4) is 0 Å². The Hall–Kier alpha value is -0.820. The van der Waals surface area contributed by atoms with Gasteiger partial charge in [0.25, 0.3) is 0 Å². The van der Waals surface area contributed by atoms with Gasteiger partial charge in [-0.15, -0.1) is 0 Å². The van der Waals surface area contributed by atoms with Crippen molar-refractivity contribution in [3.05, 3.63) is 34.9 Å². The zero-order chi connectivity index (χ0) is 10.1. The molecule has 80 valence electrons. The zero-order valence-electron chi connectivity index (χ0n) is 9.26. The van der Waals surface area contributed by atoms with Crippen LogP contribution >= 0.6 is 0 Å². The summed E-state index contributed by atoms with van der Waals surface area (Å²) in [6, 6.07) is 6.85. The van der Waals surface area contributed by atoms with Gasteiger partial charge in [-0.05, 0) is 48.4 Å². The lowest BCUT2D eigenvalue weighted by atomic mass is 9.92. The molecule has 1 heterocycles. The summed E-state index contributed by atoms with van der Waals surface area (Å²) in [6.45, 7) is 2.24. The Morgan fingerprint density at radius 2 is 2.20 bits per heavy atom. The average molecular weight is 201 g/mol. The fourth-order valence-corrected chi connectivity index (χ4v) is 2.61. The molecule has 0 amide bonds. The van der Waals surface area contributed by atoms with Crippen LogP contribution in [0.1, 0.15) is 36.0 Å². The van der Waals surface area contributed by atoms with Crippen LogP contribution in [0, 0.1) is 5.92 Å². The third kappa shape index (κ3) is 2.07. The number of fused-ring (bicyclic) bond motifs is 1. The third-order valence-electron chi connectivity index (χ3n) is 3.76. The number of aryl methyl sites for hydroxylation is 1. The van der Waals surface area contributed by atoms with Gasteiger partial charge in [0.05, 0.1) is 0 Å². The van der Waals surface area contributed by atoms with Crippen LogP contribution < -0.4 is 5.32 Å². The van der Waals surface area contributed by atoms with E-state index < -0.39 is 0 Å². The molecule has 0 bridgehead atoms. The highest BCUT2D eigenvalue weighted by molar-refractivity contribution is 5.37. The van der Waals surface area contributed by atoms with E-state index >= 15 is 0 Å². The quantitative estimate of drug-likeness (QED) is 0.793. The second kappa shape index (κ2) is 3.97. The lowest BCUT2D eigenvalue weighted by Gasteiger charge is -2.20. The van der Waals surface area contributed by atoms with Crippen LogP contribution in [0.15, 0.2) is 18.2 Å². The van der Waals surface area contributed by atoms with Crippen molar-refractivity contribution < 1.29 is 0 Å². The molecule has 15 heavy (non-hydrogen) atoms. The maximum absolute atomic E-state index is 3.45. The molecular weight excluding hydrogens is 182 g/mol. The molecule has 0 aromatic heterocycles. The van der Waals surface area contributed by atoms with Gasteiger partial charge in [-0.3, -0.25) is 0 Å². The Labute approximate surface area is 91.9 Å². The fraction of sp³-hybridized carbons (Fsp3) is 0.571. The van der Waals surface area contributed by atoms with Gasteiger partial charge < -0.3 is 5.32 Å². The molecule has 0 radical (unpaired) electrons. The summed E-state index contributed by atoms with van der Waals surface area (Å²) < 4.78 is 0. The summed E-state index contributed by atoms with van der Waals surface area (Å²) in [4.78, 5) is 0. The minimum Gasteiger partial charge on any atom is -0.312 e. The normalized spacial score (nSPS) is 20.0. The summed E-state index contributed by atoms with van der Waals surface area (Å²) in [5, 5.41) is 3.45. The molecular formula is C14H19N. The molecule has 0 unspecified atom stereocenters. The first-order valence-corrected chi connectivity index (χ1v) is 6.24. The summed E-state index contributed by atoms with van der Waals surface area (Å²) in [6.07, 6.45) is 6.93. The molecule has 1 N–H and O–H groups in total. The van der Waals surface area contributed by atoms with Crippen LogP contribution in [0.2, 0.25) is 0 Å². The van der Waals surface area contributed by atoms with Crippen LogP contribution in [0.5, 0.6) is 0 Å². The maximum atomic E-state index is 3.45. The molecule has 1 aliphatic heterocycles. The van der Waals surface area contributed by atoms with Gasteiger partial charge >= 0.3 is 0 Å². The third-order valence-corrected chi connectivity index (χ3v) is 3.76. The van der Waals surface area contributed by atoms with Crippen molar-refractivity contribution in [1.82, 2.24) is 5.32 Å². The van der Waals surface area contributed by atoms with Crippen LogP contribution in [0.25, 0.3) is 0 Å². The van der Waals surface area contributed by atoms with Crippen molar-refractivity contribution in [3.63, 3.8) is 0 Å². The molecule has 1 saturated carbocycles. The first-order chi connectivity index (χ1) is 7.43. The second-order valence-electron chi connectivity index (χ2n) is 4.96. The van der Waals surface area contributed by atoms with Gasteiger partial charge in [0.1, 0.15) is 0 Å². The number of nitrogens with one attached hydrogen (secondary N) is 1. The van der Waals surface area contributed by atoms with Crippen LogP contribution in [-0.2, 0) is 19.4 Å². The summed E-state index contributed by atoms with van der Waals surface area (Å²) >= 11 is 0. The first kappa shape index (κ1) is 9.41. The van der Waals surface area contributed by atoms with Crippen LogP contribution in [0.4, 0.5) is 0 Å². The Balaban J connectivity index is 1.79. The Morgan fingerprint density at radius 1 is 1.27 bits per heavy atom. The topological polar surface area (TPSA) is 12.0 Å². The largest absolute Gasteiger partial charge is 0.312 e. The van der Waals surface area contributed by atoms with E-state index in [4.69, 9.17) is 0 Å². The second-order valence-corrected chi connectivity index (χ2v) is 4.96. The van der Waals surface area contributed by atoms with E-state index in [2.05, 4.69) is 23.5 Å². The van der Waals surface area contributed by atoms with E-state index in [0.29, 0.717) is 0 Å². The molecule has 1 aromatic rings. The molecule has 0 atom stereocenters. The number of rotatable bonds is 3. The van der Waals surface area contributed by atoms with E-state index in [1.807, 2.05) is 0 Å². The lowest BCUT2D eigenvalue weighted by Crippen LogP contribution is -2.24. The summed E-state index contributed by atoms with van der Waals surface area (Å²) in [7, 11) is 0. The van der Waals surface area contributed by atoms with Crippen LogP contribution in [-0.4, -0.2) is 6.54 Å². The number of hydrogen-bond donors (Lipinski definition) is 1. The predicted molar refractivity (Wildman–Crippen MR) is 62.9 cm³/mol.